The number of aliphatic hydroxyl groups excluding tert-OH is 2. The van der Waals surface area contributed by atoms with E-state index in [1.807, 2.05) is 0 Å². The van der Waals surface area contributed by atoms with Gasteiger partial charge in [-0.05, 0) is 6.92 Å². The first-order valence-electron chi connectivity index (χ1n) is 3.92. The summed E-state index contributed by atoms with van der Waals surface area (Å²) in [6.07, 6.45) is -4.46. The number of aliphatic hydroxyl groups is 2. The van der Waals surface area contributed by atoms with Crippen molar-refractivity contribution in [2.75, 3.05) is 6.54 Å². The molecule has 0 aliphatic carbocycles. The van der Waals surface area contributed by atoms with Crippen LogP contribution in [0.25, 0.3) is 0 Å². The van der Waals surface area contributed by atoms with Gasteiger partial charge in [0.05, 0.1) is 6.54 Å². The Bertz CT molecular complexity index is 279. The molecule has 7 nitrogen and oxygen atoms in total. The third-order valence-electron chi connectivity index (χ3n) is 2.53. The van der Waals surface area contributed by atoms with Gasteiger partial charge in [0, 0.05) is 0 Å². The van der Waals surface area contributed by atoms with Crippen LogP contribution in [0.5, 0.6) is 0 Å². The van der Waals surface area contributed by atoms with Crippen LogP contribution in [0.4, 0.5) is 4.79 Å². The van der Waals surface area contributed by atoms with Crippen molar-refractivity contribution in [1.82, 2.24) is 4.90 Å². The van der Waals surface area contributed by atoms with E-state index in [0.29, 0.717) is 4.90 Å². The van der Waals surface area contributed by atoms with Crippen LogP contribution in [-0.2, 0) is 4.79 Å². The molecule has 0 aromatic heterocycles. The van der Waals surface area contributed by atoms with Crippen molar-refractivity contribution in [3.05, 3.63) is 0 Å². The van der Waals surface area contributed by atoms with Gasteiger partial charge in [0.25, 0.3) is 0 Å². The largest absolute Gasteiger partial charge is 0.479 e. The molecule has 1 aliphatic rings. The molecule has 80 valence electrons. The lowest BCUT2D eigenvalue weighted by Gasteiger charge is -2.30. The maximum absolute atomic E-state index is 10.8. The molecule has 0 bridgehead atoms. The fourth-order valence-electron chi connectivity index (χ4n) is 1.53. The Labute approximate surface area is 79.2 Å². The Balaban J connectivity index is 3.09. The normalized spacial score (nSPS) is 37.2. The quantitative estimate of drug-likeness (QED) is 0.415. The molecule has 1 heterocycles. The van der Waals surface area contributed by atoms with E-state index in [-0.39, 0.29) is 0 Å². The van der Waals surface area contributed by atoms with Crippen LogP contribution in [0.3, 0.4) is 0 Å². The van der Waals surface area contributed by atoms with Gasteiger partial charge in [-0.1, -0.05) is 0 Å². The van der Waals surface area contributed by atoms with Gasteiger partial charge >= 0.3 is 12.1 Å². The molecule has 3 atom stereocenters. The molecule has 1 fully saturated rings. The van der Waals surface area contributed by atoms with Crippen LogP contribution in [0.2, 0.25) is 0 Å². The monoisotopic (exact) mass is 205 g/mol. The first-order chi connectivity index (χ1) is 6.31. The maximum atomic E-state index is 10.8. The number of carboxylic acid groups (broad SMARTS) is 2. The number of β-amino-alcohol motifs (C(OH)–C–C–N with tert-alkyl or cyclic N) is 1. The SMILES string of the molecule is CC1(C(=O)O)C(O)C(O)CN1C(=O)O. The first-order valence-corrected chi connectivity index (χ1v) is 3.92. The molecule has 1 rings (SSSR count). The Morgan fingerprint density at radius 2 is 1.86 bits per heavy atom. The van der Waals surface area contributed by atoms with Crippen molar-refractivity contribution >= 4 is 12.1 Å². The Morgan fingerprint density at radius 3 is 2.14 bits per heavy atom. The van der Waals surface area contributed by atoms with E-state index in [2.05, 4.69) is 0 Å². The highest BCUT2D eigenvalue weighted by molar-refractivity contribution is 5.85. The average molecular weight is 205 g/mol. The summed E-state index contributed by atoms with van der Waals surface area (Å²) in [5, 5.41) is 36.0. The van der Waals surface area contributed by atoms with E-state index in [0.717, 1.165) is 6.92 Å². The van der Waals surface area contributed by atoms with Crippen molar-refractivity contribution in [3.8, 4) is 0 Å². The number of likely N-dealkylation sites (tertiary alicyclic amines) is 1. The summed E-state index contributed by atoms with van der Waals surface area (Å²) >= 11 is 0. The molecular formula is C7H11NO6. The molecule has 0 radical (unpaired) electrons. The predicted octanol–water partition coefficient (Wildman–Crippen LogP) is -1.45. The number of carbonyl (C=O) groups is 2. The van der Waals surface area contributed by atoms with E-state index in [9.17, 15) is 19.8 Å². The highest BCUT2D eigenvalue weighted by atomic mass is 16.4. The lowest BCUT2D eigenvalue weighted by Crippen LogP contribution is -2.56. The van der Waals surface area contributed by atoms with Crippen LogP contribution in [0, 0.1) is 0 Å². The van der Waals surface area contributed by atoms with Gasteiger partial charge < -0.3 is 20.4 Å². The van der Waals surface area contributed by atoms with Crippen molar-refractivity contribution in [3.63, 3.8) is 0 Å². The number of aliphatic carboxylic acids is 1. The molecule has 0 spiro atoms. The second kappa shape index (κ2) is 3.10. The number of amides is 1. The van der Waals surface area contributed by atoms with Crippen molar-refractivity contribution in [2.24, 2.45) is 0 Å². The summed E-state index contributed by atoms with van der Waals surface area (Å²) in [6.45, 7) is 0.656. The van der Waals surface area contributed by atoms with Crippen molar-refractivity contribution in [1.29, 1.82) is 0 Å². The molecule has 1 aliphatic heterocycles. The van der Waals surface area contributed by atoms with Gasteiger partial charge in [-0.25, -0.2) is 9.59 Å². The lowest BCUT2D eigenvalue weighted by molar-refractivity contribution is -0.153. The standard InChI is InChI=1S/C7H11NO6/c1-7(5(11)12)4(10)3(9)2-8(7)6(13)14/h3-4,9-10H,2H2,1H3,(H,11,12)(H,13,14). The van der Waals surface area contributed by atoms with E-state index in [1.165, 1.54) is 0 Å². The predicted molar refractivity (Wildman–Crippen MR) is 42.8 cm³/mol. The highest BCUT2D eigenvalue weighted by Gasteiger charge is 2.57. The number of hydrogen-bond donors (Lipinski definition) is 4. The molecule has 14 heavy (non-hydrogen) atoms. The molecular weight excluding hydrogens is 194 g/mol. The van der Waals surface area contributed by atoms with E-state index in [1.54, 1.807) is 0 Å². The molecule has 1 saturated heterocycles. The van der Waals surface area contributed by atoms with Crippen LogP contribution < -0.4 is 0 Å². The molecule has 0 aromatic carbocycles. The van der Waals surface area contributed by atoms with Crippen LogP contribution >= 0.6 is 0 Å². The zero-order valence-corrected chi connectivity index (χ0v) is 7.41. The number of nitrogens with zero attached hydrogens (tertiary/aromatic N) is 1. The number of carboxylic acids is 1. The van der Waals surface area contributed by atoms with Crippen molar-refractivity contribution in [2.45, 2.75) is 24.7 Å². The summed E-state index contributed by atoms with van der Waals surface area (Å²) in [5.41, 5.74) is -1.98. The minimum atomic E-state index is -1.98. The van der Waals surface area contributed by atoms with Crippen molar-refractivity contribution < 1.29 is 30.0 Å². The lowest BCUT2D eigenvalue weighted by atomic mass is 9.95. The van der Waals surface area contributed by atoms with Gasteiger partial charge in [0.1, 0.15) is 12.2 Å². The number of hydrogen-bond acceptors (Lipinski definition) is 4. The summed E-state index contributed by atoms with van der Waals surface area (Å²) in [6, 6.07) is 0. The third-order valence-corrected chi connectivity index (χ3v) is 2.53. The first kappa shape index (κ1) is 10.7. The minimum Gasteiger partial charge on any atom is -0.479 e. The van der Waals surface area contributed by atoms with Crippen LogP contribution in [-0.4, -0.2) is 61.7 Å². The summed E-state index contributed by atoms with van der Waals surface area (Å²) in [7, 11) is 0. The fraction of sp³-hybridized carbons (Fsp3) is 0.714. The molecule has 4 N–H and O–H groups in total. The molecule has 7 heteroatoms. The summed E-state index contributed by atoms with van der Waals surface area (Å²) < 4.78 is 0. The highest BCUT2D eigenvalue weighted by Crippen LogP contribution is 2.30. The third kappa shape index (κ3) is 1.21. The molecule has 1 amide bonds. The molecule has 0 aromatic rings. The zero-order valence-electron chi connectivity index (χ0n) is 7.41. The molecule has 3 unspecified atom stereocenters. The summed E-state index contributed by atoms with van der Waals surface area (Å²) in [5.74, 6) is -1.48. The second-order valence-electron chi connectivity index (χ2n) is 3.36. The number of rotatable bonds is 1. The summed E-state index contributed by atoms with van der Waals surface area (Å²) in [4.78, 5) is 22.0. The van der Waals surface area contributed by atoms with Crippen LogP contribution in [0.1, 0.15) is 6.92 Å². The molecule has 0 saturated carbocycles. The second-order valence-corrected chi connectivity index (χ2v) is 3.36. The Morgan fingerprint density at radius 1 is 1.36 bits per heavy atom. The Kier molecular flexibility index (Phi) is 2.38. The van der Waals surface area contributed by atoms with E-state index >= 15 is 0 Å². The fourth-order valence-corrected chi connectivity index (χ4v) is 1.53. The topological polar surface area (TPSA) is 118 Å². The smallest absolute Gasteiger partial charge is 0.408 e. The zero-order chi connectivity index (χ0) is 11.1. The van der Waals surface area contributed by atoms with Crippen LogP contribution in [0.15, 0.2) is 0 Å². The van der Waals surface area contributed by atoms with Gasteiger partial charge in [-0.2, -0.15) is 0 Å². The van der Waals surface area contributed by atoms with Gasteiger partial charge in [-0.3, -0.25) is 4.90 Å². The van der Waals surface area contributed by atoms with Gasteiger partial charge in [-0.15, -0.1) is 0 Å². The average Bonchev–Trinajstić information content (AvgIpc) is 2.31. The van der Waals surface area contributed by atoms with E-state index in [4.69, 9.17) is 10.2 Å². The van der Waals surface area contributed by atoms with E-state index < -0.39 is 36.4 Å². The van der Waals surface area contributed by atoms with Gasteiger partial charge in [0.15, 0.2) is 5.54 Å². The Hall–Kier alpha value is -1.34. The minimum absolute atomic E-state index is 0.403. The maximum Gasteiger partial charge on any atom is 0.408 e. The van der Waals surface area contributed by atoms with Gasteiger partial charge in [0.2, 0.25) is 0 Å².